The Morgan fingerprint density at radius 2 is 1.95 bits per heavy atom. The van der Waals surface area contributed by atoms with Gasteiger partial charge in [-0.15, -0.1) is 0 Å². The molecule has 1 saturated heterocycles. The summed E-state index contributed by atoms with van der Waals surface area (Å²) in [5, 5.41) is 10.1. The highest BCUT2D eigenvalue weighted by Crippen LogP contribution is 2.39. The van der Waals surface area contributed by atoms with Crippen LogP contribution >= 0.6 is 0 Å². The van der Waals surface area contributed by atoms with Gasteiger partial charge >= 0.3 is 0 Å². The number of aliphatic hydroxyl groups excluding tert-OH is 1. The second-order valence-electron chi connectivity index (χ2n) is 7.44. The summed E-state index contributed by atoms with van der Waals surface area (Å²) in [6.07, 6.45) is 3.46. The Balaban J connectivity index is 0.00000220. The third-order valence-electron chi connectivity index (χ3n) is 4.44. The Hall–Kier alpha value is 0.130. The van der Waals surface area contributed by atoms with Gasteiger partial charge in [0.05, 0.1) is 32.0 Å². The zero-order valence-electron chi connectivity index (χ0n) is 13.7. The molecule has 1 aliphatic carbocycles. The van der Waals surface area contributed by atoms with Crippen LogP contribution in [0.2, 0.25) is 0 Å². The Morgan fingerprint density at radius 1 is 1.29 bits per heavy atom. The molecule has 1 heterocycles. The summed E-state index contributed by atoms with van der Waals surface area (Å²) in [5.41, 5.74) is 0.373. The van der Waals surface area contributed by atoms with E-state index in [9.17, 15) is 5.11 Å². The van der Waals surface area contributed by atoms with Crippen LogP contribution in [0.15, 0.2) is 0 Å². The lowest BCUT2D eigenvalue weighted by atomic mass is 9.71. The monoisotopic (exact) mass is 320 g/mol. The van der Waals surface area contributed by atoms with Gasteiger partial charge in [0.15, 0.2) is 0 Å². The predicted molar refractivity (Wildman–Crippen MR) is 79.8 cm³/mol. The molecule has 4 nitrogen and oxygen atoms in total. The molecule has 21 heavy (non-hydrogen) atoms. The van der Waals surface area contributed by atoms with Crippen LogP contribution in [0.4, 0.5) is 0 Å². The lowest BCUT2D eigenvalue weighted by Crippen LogP contribution is -3.00. The van der Waals surface area contributed by atoms with Crippen LogP contribution < -0.4 is 12.4 Å². The fraction of sp³-hybridized carbons (Fsp3) is 1.00. The number of nitrogens with zero attached hydrogens (tertiary/aromatic N) is 1. The molecule has 2 rings (SSSR count). The van der Waals surface area contributed by atoms with E-state index in [0.717, 1.165) is 45.1 Å². The molecule has 1 aliphatic heterocycles. The number of rotatable bonds is 5. The normalized spacial score (nSPS) is 31.4. The Kier molecular flexibility index (Phi) is 7.93. The van der Waals surface area contributed by atoms with Crippen molar-refractivity contribution in [3.63, 3.8) is 0 Å². The van der Waals surface area contributed by atoms with Gasteiger partial charge in [0.1, 0.15) is 0 Å². The number of aliphatic hydroxyl groups is 1. The summed E-state index contributed by atoms with van der Waals surface area (Å²) >= 11 is 0. The van der Waals surface area contributed by atoms with Crippen molar-refractivity contribution in [1.82, 2.24) is 4.90 Å². The number of ether oxygens (including phenoxy) is 2. The summed E-state index contributed by atoms with van der Waals surface area (Å²) in [7, 11) is 0. The van der Waals surface area contributed by atoms with Crippen molar-refractivity contribution >= 4 is 0 Å². The average Bonchev–Trinajstić information content (AvgIpc) is 2.35. The number of halogens is 1. The number of morpholine rings is 1. The third kappa shape index (κ3) is 6.83. The minimum absolute atomic E-state index is 0. The van der Waals surface area contributed by atoms with E-state index in [4.69, 9.17) is 9.47 Å². The van der Waals surface area contributed by atoms with E-state index in [-0.39, 0.29) is 18.5 Å². The average molecular weight is 321 g/mol. The maximum atomic E-state index is 10.1. The van der Waals surface area contributed by atoms with Crippen molar-refractivity contribution in [3.8, 4) is 0 Å². The van der Waals surface area contributed by atoms with Crippen molar-refractivity contribution in [3.05, 3.63) is 0 Å². The summed E-state index contributed by atoms with van der Waals surface area (Å²) in [4.78, 5) is 2.25. The van der Waals surface area contributed by atoms with Gasteiger partial charge in [-0.25, -0.2) is 0 Å². The highest BCUT2D eigenvalue weighted by atomic mass is 35.5. The first-order chi connectivity index (χ1) is 9.44. The maximum Gasteiger partial charge on any atom is 0.0900 e. The summed E-state index contributed by atoms with van der Waals surface area (Å²) in [5.74, 6) is 0.722. The topological polar surface area (TPSA) is 41.9 Å². The molecule has 0 bridgehead atoms. The fourth-order valence-corrected chi connectivity index (χ4v) is 3.77. The van der Waals surface area contributed by atoms with Gasteiger partial charge in [-0.1, -0.05) is 20.8 Å². The zero-order valence-corrected chi connectivity index (χ0v) is 14.4. The SMILES string of the molecule is CC1CC(OCC(O)CN2CCOCC2)CC(C)(C)C1.[Cl-]. The van der Waals surface area contributed by atoms with Gasteiger partial charge in [0.2, 0.25) is 0 Å². The van der Waals surface area contributed by atoms with Gasteiger partial charge in [0.25, 0.3) is 0 Å². The van der Waals surface area contributed by atoms with E-state index in [2.05, 4.69) is 25.7 Å². The Morgan fingerprint density at radius 3 is 2.57 bits per heavy atom. The third-order valence-corrected chi connectivity index (χ3v) is 4.44. The van der Waals surface area contributed by atoms with Crippen molar-refractivity contribution in [2.45, 2.75) is 52.2 Å². The number of hydrogen-bond acceptors (Lipinski definition) is 4. The fourth-order valence-electron chi connectivity index (χ4n) is 3.77. The molecule has 2 fully saturated rings. The molecule has 2 aliphatic rings. The lowest BCUT2D eigenvalue weighted by Gasteiger charge is -2.39. The molecule has 126 valence electrons. The van der Waals surface area contributed by atoms with Crippen molar-refractivity contribution in [2.24, 2.45) is 11.3 Å². The van der Waals surface area contributed by atoms with E-state index in [0.29, 0.717) is 24.7 Å². The molecule has 3 atom stereocenters. The second kappa shape index (κ2) is 8.68. The molecule has 0 radical (unpaired) electrons. The Bertz CT molecular complexity index is 295. The van der Waals surface area contributed by atoms with Gasteiger partial charge in [-0.05, 0) is 30.6 Å². The Labute approximate surface area is 135 Å². The number of β-amino-alcohol motifs (C(OH)–C–C–N with tert-alkyl or cyclic N) is 1. The summed E-state index contributed by atoms with van der Waals surface area (Å²) in [6, 6.07) is 0. The van der Waals surface area contributed by atoms with Gasteiger partial charge in [-0.2, -0.15) is 0 Å². The zero-order chi connectivity index (χ0) is 14.6. The largest absolute Gasteiger partial charge is 1.00 e. The highest BCUT2D eigenvalue weighted by molar-refractivity contribution is 4.83. The number of hydrogen-bond donors (Lipinski definition) is 1. The first-order valence-electron chi connectivity index (χ1n) is 8.04. The van der Waals surface area contributed by atoms with Crippen LogP contribution in [-0.2, 0) is 9.47 Å². The highest BCUT2D eigenvalue weighted by Gasteiger charge is 2.32. The quantitative estimate of drug-likeness (QED) is 0.699. The second-order valence-corrected chi connectivity index (χ2v) is 7.44. The first-order valence-corrected chi connectivity index (χ1v) is 8.04. The molecule has 3 unspecified atom stereocenters. The van der Waals surface area contributed by atoms with E-state index in [1.54, 1.807) is 0 Å². The lowest BCUT2D eigenvalue weighted by molar-refractivity contribution is -0.0670. The molecule has 1 saturated carbocycles. The van der Waals surface area contributed by atoms with Gasteiger partial charge < -0.3 is 27.0 Å². The molecular weight excluding hydrogens is 290 g/mol. The molecule has 0 aromatic carbocycles. The summed E-state index contributed by atoms with van der Waals surface area (Å²) < 4.78 is 11.3. The van der Waals surface area contributed by atoms with Crippen molar-refractivity contribution in [1.29, 1.82) is 0 Å². The minimum atomic E-state index is -0.381. The molecule has 0 aromatic rings. The van der Waals surface area contributed by atoms with Gasteiger partial charge in [-0.3, -0.25) is 4.90 Å². The molecule has 1 N–H and O–H groups in total. The first kappa shape index (κ1) is 19.2. The van der Waals surface area contributed by atoms with Gasteiger partial charge in [0, 0.05) is 19.6 Å². The molecule has 5 heteroatoms. The van der Waals surface area contributed by atoms with Crippen LogP contribution in [0.25, 0.3) is 0 Å². The molecule has 0 amide bonds. The predicted octanol–water partition coefficient (Wildman–Crippen LogP) is -1.09. The summed E-state index contributed by atoms with van der Waals surface area (Å²) in [6.45, 7) is 11.5. The smallest absolute Gasteiger partial charge is 0.0900 e. The van der Waals surface area contributed by atoms with E-state index >= 15 is 0 Å². The van der Waals surface area contributed by atoms with Crippen LogP contribution in [0, 0.1) is 11.3 Å². The van der Waals surface area contributed by atoms with Crippen LogP contribution in [0.5, 0.6) is 0 Å². The van der Waals surface area contributed by atoms with E-state index in [1.807, 2.05) is 0 Å². The van der Waals surface area contributed by atoms with Crippen LogP contribution in [0.3, 0.4) is 0 Å². The minimum Gasteiger partial charge on any atom is -1.00 e. The van der Waals surface area contributed by atoms with E-state index < -0.39 is 0 Å². The van der Waals surface area contributed by atoms with Crippen LogP contribution in [0.1, 0.15) is 40.0 Å². The molecule has 0 aromatic heterocycles. The molecular formula is C16H31ClNO3-. The molecule has 0 spiro atoms. The standard InChI is InChI=1S/C16H31NO3.ClH/c1-13-8-15(10-16(2,3)9-13)20-12-14(18)11-17-4-6-19-7-5-17;/h13-15,18H,4-12H2,1-3H3;1H/p-1. The maximum absolute atomic E-state index is 10.1. The van der Waals surface area contributed by atoms with Crippen molar-refractivity contribution in [2.75, 3.05) is 39.5 Å². The van der Waals surface area contributed by atoms with E-state index in [1.165, 1.54) is 6.42 Å². The van der Waals surface area contributed by atoms with Crippen molar-refractivity contribution < 1.29 is 27.0 Å². The van der Waals surface area contributed by atoms with Crippen LogP contribution in [-0.4, -0.2) is 61.7 Å².